The van der Waals surface area contributed by atoms with Gasteiger partial charge in [0, 0.05) is 16.9 Å². The maximum absolute atomic E-state index is 13.6. The fourth-order valence-electron chi connectivity index (χ4n) is 6.14. The van der Waals surface area contributed by atoms with Crippen molar-refractivity contribution in [3.63, 3.8) is 0 Å². The van der Waals surface area contributed by atoms with Gasteiger partial charge in [0.05, 0.1) is 17.1 Å². The van der Waals surface area contributed by atoms with Gasteiger partial charge in [0.25, 0.3) is 0 Å². The smallest absolute Gasteiger partial charge is 0.338 e. The minimum atomic E-state index is -0.902. The van der Waals surface area contributed by atoms with Crippen LogP contribution >= 0.6 is 15.9 Å². The van der Waals surface area contributed by atoms with E-state index in [2.05, 4.69) is 40.8 Å². The van der Waals surface area contributed by atoms with Crippen LogP contribution in [0.1, 0.15) is 45.1 Å². The molecule has 6 heteroatoms. The molecular formula is C27H32BrNO4. The van der Waals surface area contributed by atoms with Crippen LogP contribution in [0.2, 0.25) is 0 Å². The highest BCUT2D eigenvalue weighted by atomic mass is 79.9. The van der Waals surface area contributed by atoms with E-state index in [4.69, 9.17) is 4.74 Å². The third kappa shape index (κ3) is 4.35. The van der Waals surface area contributed by atoms with Gasteiger partial charge in [0.15, 0.2) is 0 Å². The highest BCUT2D eigenvalue weighted by Crippen LogP contribution is 2.61. The van der Waals surface area contributed by atoms with Gasteiger partial charge < -0.3 is 15.2 Å². The molecular weight excluding hydrogens is 482 g/mol. The molecule has 2 fully saturated rings. The highest BCUT2D eigenvalue weighted by molar-refractivity contribution is 9.10. The summed E-state index contributed by atoms with van der Waals surface area (Å²) >= 11 is 3.43. The van der Waals surface area contributed by atoms with Crippen molar-refractivity contribution in [2.75, 3.05) is 6.61 Å². The second kappa shape index (κ2) is 9.22. The molecule has 0 aromatic heterocycles. The zero-order valence-corrected chi connectivity index (χ0v) is 20.9. The zero-order valence-electron chi connectivity index (χ0n) is 19.3. The van der Waals surface area contributed by atoms with Crippen LogP contribution in [0.3, 0.4) is 0 Å². The van der Waals surface area contributed by atoms with Crippen LogP contribution in [-0.2, 0) is 20.9 Å². The van der Waals surface area contributed by atoms with Gasteiger partial charge in [0.2, 0.25) is 5.91 Å². The summed E-state index contributed by atoms with van der Waals surface area (Å²) in [6.45, 7) is 9.20. The van der Waals surface area contributed by atoms with Crippen molar-refractivity contribution in [1.82, 2.24) is 5.32 Å². The van der Waals surface area contributed by atoms with Crippen LogP contribution in [0.15, 0.2) is 64.7 Å². The number of cyclic esters (lactones) is 1. The normalized spacial score (nSPS) is 34.1. The van der Waals surface area contributed by atoms with Crippen molar-refractivity contribution < 1.29 is 19.4 Å². The molecule has 1 amide bonds. The van der Waals surface area contributed by atoms with Gasteiger partial charge in [-0.3, -0.25) is 4.79 Å². The first-order valence-corrected chi connectivity index (χ1v) is 12.4. The number of nitrogens with one attached hydrogen (secondary N) is 1. The lowest BCUT2D eigenvalue weighted by atomic mass is 9.46. The molecule has 1 aromatic rings. The number of fused-ring (bicyclic) bond motifs is 1. The predicted octanol–water partition coefficient (Wildman–Crippen LogP) is 4.85. The second-order valence-electron chi connectivity index (χ2n) is 10.00. The molecule has 33 heavy (non-hydrogen) atoms. The van der Waals surface area contributed by atoms with Gasteiger partial charge in [-0.15, -0.1) is 0 Å². The minimum absolute atomic E-state index is 0.0108. The summed E-state index contributed by atoms with van der Waals surface area (Å²) in [5.41, 5.74) is 1.56. The third-order valence-electron chi connectivity index (χ3n) is 8.15. The molecule has 0 unspecified atom stereocenters. The van der Waals surface area contributed by atoms with Gasteiger partial charge in [-0.05, 0) is 67.7 Å². The van der Waals surface area contributed by atoms with Crippen molar-refractivity contribution >= 4 is 27.8 Å². The molecule has 5 nitrogen and oxygen atoms in total. The molecule has 2 N–H and O–H groups in total. The van der Waals surface area contributed by atoms with Crippen molar-refractivity contribution in [3.05, 3.63) is 70.3 Å². The molecule has 1 aliphatic heterocycles. The van der Waals surface area contributed by atoms with Crippen molar-refractivity contribution in [2.24, 2.45) is 22.7 Å². The van der Waals surface area contributed by atoms with Gasteiger partial charge in [0.1, 0.15) is 6.61 Å². The first kappa shape index (κ1) is 24.0. The average molecular weight is 514 g/mol. The number of aliphatic hydroxyl groups is 1. The highest BCUT2D eigenvalue weighted by Gasteiger charge is 2.60. The van der Waals surface area contributed by atoms with Crippen molar-refractivity contribution in [2.45, 2.75) is 52.2 Å². The first-order chi connectivity index (χ1) is 15.7. The van der Waals surface area contributed by atoms with E-state index in [1.807, 2.05) is 37.3 Å². The van der Waals surface area contributed by atoms with E-state index in [9.17, 15) is 14.7 Å². The molecule has 176 valence electrons. The number of carbonyl (C=O) groups is 2. The maximum atomic E-state index is 13.6. The Morgan fingerprint density at radius 3 is 2.70 bits per heavy atom. The van der Waals surface area contributed by atoms with E-state index in [1.54, 1.807) is 6.08 Å². The summed E-state index contributed by atoms with van der Waals surface area (Å²) in [5, 5.41) is 14.2. The number of benzene rings is 1. The van der Waals surface area contributed by atoms with Gasteiger partial charge in [-0.2, -0.15) is 0 Å². The molecule has 0 saturated heterocycles. The lowest BCUT2D eigenvalue weighted by molar-refractivity contribution is -0.164. The Balaban J connectivity index is 1.58. The number of ether oxygens (including phenoxy) is 1. The second-order valence-corrected chi connectivity index (χ2v) is 10.9. The lowest BCUT2D eigenvalue weighted by Crippen LogP contribution is -2.61. The van der Waals surface area contributed by atoms with Gasteiger partial charge in [-0.25, -0.2) is 4.79 Å². The molecule has 0 radical (unpaired) electrons. The predicted molar refractivity (Wildman–Crippen MR) is 131 cm³/mol. The van der Waals surface area contributed by atoms with E-state index < -0.39 is 11.5 Å². The van der Waals surface area contributed by atoms with Gasteiger partial charge >= 0.3 is 5.97 Å². The fraction of sp³-hybridized carbons (Fsp3) is 0.481. The Labute approximate surface area is 204 Å². The molecule has 2 saturated carbocycles. The molecule has 2 aliphatic carbocycles. The molecule has 0 spiro atoms. The molecule has 5 atom stereocenters. The fourth-order valence-corrected chi connectivity index (χ4v) is 6.41. The summed E-state index contributed by atoms with van der Waals surface area (Å²) in [7, 11) is 0. The Hall–Kier alpha value is -2.18. The number of hydrogen-bond acceptors (Lipinski definition) is 4. The van der Waals surface area contributed by atoms with E-state index >= 15 is 0 Å². The number of esters is 1. The van der Waals surface area contributed by atoms with Crippen LogP contribution in [0.5, 0.6) is 0 Å². The third-order valence-corrected chi connectivity index (χ3v) is 8.68. The Bertz CT molecular complexity index is 1010. The molecule has 1 aromatic carbocycles. The number of carbonyl (C=O) groups excluding carboxylic acids is 2. The Morgan fingerprint density at radius 1 is 1.30 bits per heavy atom. The molecule has 4 rings (SSSR count). The SMILES string of the molecule is C=C1CC[C@H]2[C@@](C)(CC[C@@H](O)[C@@]2(C)C(=O)NCc2ccc(Br)cc2)[C@@H]1/C=C/C1=CCOC1=O. The average Bonchev–Trinajstić information content (AvgIpc) is 3.20. The molecule has 0 bridgehead atoms. The minimum Gasteiger partial charge on any atom is -0.458 e. The van der Waals surface area contributed by atoms with Crippen LogP contribution in [-0.4, -0.2) is 29.7 Å². The number of hydrogen-bond donors (Lipinski definition) is 2. The first-order valence-electron chi connectivity index (χ1n) is 11.6. The van der Waals surface area contributed by atoms with Gasteiger partial charge in [-0.1, -0.05) is 59.3 Å². The van der Waals surface area contributed by atoms with Crippen LogP contribution in [0, 0.1) is 22.7 Å². The standard InChI is InChI=1S/C27H32BrNO4/c1-17-4-11-22-26(2,21(17)10-7-19-13-15-33-24(19)31)14-12-23(30)27(22,3)25(32)29-16-18-5-8-20(28)9-6-18/h5-10,13,21-23,30H,1,4,11-12,14-16H2,2-3H3,(H,29,32)/b10-7+/t21-,22+,23-,26+,27+/m1/s1. The Kier molecular flexibility index (Phi) is 6.70. The number of allylic oxidation sites excluding steroid dienone is 2. The van der Waals surface area contributed by atoms with Crippen molar-refractivity contribution in [3.8, 4) is 0 Å². The Morgan fingerprint density at radius 2 is 2.03 bits per heavy atom. The summed E-state index contributed by atoms with van der Waals surface area (Å²) < 4.78 is 6.01. The lowest BCUT2D eigenvalue weighted by Gasteiger charge is -2.58. The number of halogens is 1. The zero-order chi connectivity index (χ0) is 23.8. The molecule has 3 aliphatic rings. The van der Waals surface area contributed by atoms with E-state index in [0.29, 0.717) is 25.1 Å². The largest absolute Gasteiger partial charge is 0.458 e. The van der Waals surface area contributed by atoms with Crippen LogP contribution in [0.4, 0.5) is 0 Å². The van der Waals surface area contributed by atoms with Crippen LogP contribution < -0.4 is 5.32 Å². The summed E-state index contributed by atoms with van der Waals surface area (Å²) in [6.07, 6.45) is 7.94. The monoisotopic (exact) mass is 513 g/mol. The van der Waals surface area contributed by atoms with E-state index in [1.165, 1.54) is 0 Å². The van der Waals surface area contributed by atoms with E-state index in [-0.39, 0.29) is 29.1 Å². The summed E-state index contributed by atoms with van der Waals surface area (Å²) in [5.74, 6) is -0.392. The maximum Gasteiger partial charge on any atom is 0.338 e. The van der Waals surface area contributed by atoms with E-state index in [0.717, 1.165) is 34.9 Å². The van der Waals surface area contributed by atoms with Crippen LogP contribution in [0.25, 0.3) is 0 Å². The number of rotatable bonds is 5. The number of amides is 1. The summed E-state index contributed by atoms with van der Waals surface area (Å²) in [6, 6.07) is 7.86. The quantitative estimate of drug-likeness (QED) is 0.435. The topological polar surface area (TPSA) is 75.6 Å². The summed E-state index contributed by atoms with van der Waals surface area (Å²) in [4.78, 5) is 25.5. The number of aliphatic hydroxyl groups excluding tert-OH is 1. The molecule has 1 heterocycles. The van der Waals surface area contributed by atoms with Crippen molar-refractivity contribution in [1.29, 1.82) is 0 Å².